The Bertz CT molecular complexity index is 523. The number of nitrogens with one attached hydrogen (secondary N) is 1. The largest absolute Gasteiger partial charge is 0.305 e. The second kappa shape index (κ2) is 5.24. The fourth-order valence-corrected chi connectivity index (χ4v) is 2.78. The molecule has 5 nitrogen and oxygen atoms in total. The predicted octanol–water partition coefficient (Wildman–Crippen LogP) is 1.92. The fraction of sp³-hybridized carbons (Fsp3) is 0.500. The van der Waals surface area contributed by atoms with Crippen molar-refractivity contribution in [1.82, 2.24) is 24.9 Å². The molecule has 1 unspecified atom stereocenters. The second-order valence-corrected chi connectivity index (χ2v) is 5.19. The molecular weight excluding hydrogens is 294 g/mol. The van der Waals surface area contributed by atoms with Crippen LogP contribution in [0.15, 0.2) is 16.9 Å². The van der Waals surface area contributed by atoms with E-state index in [4.69, 9.17) is 0 Å². The first-order valence-electron chi connectivity index (χ1n) is 5.95. The molecule has 1 atom stereocenters. The molecule has 1 N–H and O–H groups in total. The standard InChI is InChI=1S/C12H18BrN5/c1-5-14-11(9-7-17(3)16-8(9)2)12-10(13)6-15-18(12)4/h6-7,11,14H,5H2,1-4H3. The predicted molar refractivity (Wildman–Crippen MR) is 74.4 cm³/mol. The fourth-order valence-electron chi connectivity index (χ4n) is 2.20. The van der Waals surface area contributed by atoms with Crippen molar-refractivity contribution in [2.75, 3.05) is 6.54 Å². The van der Waals surface area contributed by atoms with Gasteiger partial charge < -0.3 is 5.32 Å². The molecule has 18 heavy (non-hydrogen) atoms. The molecule has 0 bridgehead atoms. The number of aromatic nitrogens is 4. The molecule has 2 aromatic rings. The Morgan fingerprint density at radius 2 is 2.17 bits per heavy atom. The van der Waals surface area contributed by atoms with Crippen LogP contribution in [0, 0.1) is 6.92 Å². The Labute approximate surface area is 115 Å². The van der Waals surface area contributed by atoms with Crippen LogP contribution in [0.5, 0.6) is 0 Å². The minimum absolute atomic E-state index is 0.102. The summed E-state index contributed by atoms with van der Waals surface area (Å²) in [6, 6.07) is 0.102. The summed E-state index contributed by atoms with van der Waals surface area (Å²) in [6.07, 6.45) is 3.88. The van der Waals surface area contributed by atoms with E-state index in [9.17, 15) is 0 Å². The molecule has 0 amide bonds. The number of nitrogens with zero attached hydrogens (tertiary/aromatic N) is 4. The molecule has 2 rings (SSSR count). The van der Waals surface area contributed by atoms with Crippen LogP contribution in [0.1, 0.15) is 29.9 Å². The van der Waals surface area contributed by atoms with Crippen molar-refractivity contribution in [3.05, 3.63) is 33.8 Å². The van der Waals surface area contributed by atoms with E-state index in [1.54, 1.807) is 0 Å². The highest BCUT2D eigenvalue weighted by molar-refractivity contribution is 9.10. The molecule has 0 fully saturated rings. The van der Waals surface area contributed by atoms with Gasteiger partial charge in [0.1, 0.15) is 0 Å². The monoisotopic (exact) mass is 311 g/mol. The van der Waals surface area contributed by atoms with Gasteiger partial charge in [-0.25, -0.2) is 0 Å². The number of hydrogen-bond donors (Lipinski definition) is 1. The van der Waals surface area contributed by atoms with Gasteiger partial charge in [0, 0.05) is 25.9 Å². The van der Waals surface area contributed by atoms with Gasteiger partial charge in [-0.2, -0.15) is 10.2 Å². The maximum absolute atomic E-state index is 4.42. The number of halogens is 1. The maximum atomic E-state index is 4.42. The van der Waals surface area contributed by atoms with E-state index in [2.05, 4.69) is 44.6 Å². The van der Waals surface area contributed by atoms with Crippen LogP contribution in [0.2, 0.25) is 0 Å². The molecule has 0 aliphatic heterocycles. The first kappa shape index (κ1) is 13.3. The van der Waals surface area contributed by atoms with Crippen LogP contribution < -0.4 is 5.32 Å². The molecule has 2 heterocycles. The van der Waals surface area contributed by atoms with Gasteiger partial charge in [0.2, 0.25) is 0 Å². The highest BCUT2D eigenvalue weighted by atomic mass is 79.9. The topological polar surface area (TPSA) is 47.7 Å². The number of rotatable bonds is 4. The Kier molecular flexibility index (Phi) is 3.87. The van der Waals surface area contributed by atoms with Crippen LogP contribution in [-0.2, 0) is 14.1 Å². The first-order valence-corrected chi connectivity index (χ1v) is 6.74. The third kappa shape index (κ3) is 2.35. The van der Waals surface area contributed by atoms with Crippen LogP contribution in [-0.4, -0.2) is 26.1 Å². The van der Waals surface area contributed by atoms with Crippen LogP contribution in [0.4, 0.5) is 0 Å². The molecule has 0 saturated heterocycles. The van der Waals surface area contributed by atoms with E-state index in [0.29, 0.717) is 0 Å². The van der Waals surface area contributed by atoms with Crippen molar-refractivity contribution in [3.63, 3.8) is 0 Å². The van der Waals surface area contributed by atoms with Crippen LogP contribution >= 0.6 is 15.9 Å². The highest BCUT2D eigenvalue weighted by Gasteiger charge is 2.23. The molecule has 0 saturated carbocycles. The second-order valence-electron chi connectivity index (χ2n) is 4.34. The summed E-state index contributed by atoms with van der Waals surface area (Å²) >= 11 is 3.57. The van der Waals surface area contributed by atoms with E-state index >= 15 is 0 Å². The molecule has 0 spiro atoms. The summed E-state index contributed by atoms with van der Waals surface area (Å²) in [6.45, 7) is 5.02. The average Bonchev–Trinajstić information content (AvgIpc) is 2.80. The van der Waals surface area contributed by atoms with Crippen molar-refractivity contribution in [2.24, 2.45) is 14.1 Å². The lowest BCUT2D eigenvalue weighted by Crippen LogP contribution is -2.25. The van der Waals surface area contributed by atoms with E-state index in [-0.39, 0.29) is 6.04 Å². The van der Waals surface area contributed by atoms with Gasteiger partial charge in [-0.1, -0.05) is 6.92 Å². The number of aryl methyl sites for hydroxylation is 3. The summed E-state index contributed by atoms with van der Waals surface area (Å²) in [5, 5.41) is 12.2. The van der Waals surface area contributed by atoms with E-state index in [1.807, 2.05) is 36.6 Å². The smallest absolute Gasteiger partial charge is 0.0793 e. The van der Waals surface area contributed by atoms with E-state index in [1.165, 1.54) is 5.56 Å². The zero-order chi connectivity index (χ0) is 13.3. The Hall–Kier alpha value is -1.14. The third-order valence-electron chi connectivity index (χ3n) is 2.98. The molecule has 0 aliphatic carbocycles. The summed E-state index contributed by atoms with van der Waals surface area (Å²) in [5.74, 6) is 0. The third-order valence-corrected chi connectivity index (χ3v) is 3.59. The minimum atomic E-state index is 0.102. The quantitative estimate of drug-likeness (QED) is 0.938. The minimum Gasteiger partial charge on any atom is -0.305 e. The van der Waals surface area contributed by atoms with Crippen LogP contribution in [0.25, 0.3) is 0 Å². The van der Waals surface area contributed by atoms with Gasteiger partial charge in [0.05, 0.1) is 28.1 Å². The van der Waals surface area contributed by atoms with E-state index in [0.717, 1.165) is 22.4 Å². The van der Waals surface area contributed by atoms with Crippen molar-refractivity contribution in [2.45, 2.75) is 19.9 Å². The summed E-state index contributed by atoms with van der Waals surface area (Å²) in [4.78, 5) is 0. The summed E-state index contributed by atoms with van der Waals surface area (Å²) in [5.41, 5.74) is 3.34. The first-order chi connectivity index (χ1) is 8.54. The molecule has 0 radical (unpaired) electrons. The van der Waals surface area contributed by atoms with Gasteiger partial charge in [-0.05, 0) is 29.4 Å². The van der Waals surface area contributed by atoms with Crippen molar-refractivity contribution >= 4 is 15.9 Å². The summed E-state index contributed by atoms with van der Waals surface area (Å²) in [7, 11) is 3.90. The van der Waals surface area contributed by atoms with Gasteiger partial charge in [0.25, 0.3) is 0 Å². The van der Waals surface area contributed by atoms with E-state index < -0.39 is 0 Å². The molecule has 98 valence electrons. The Morgan fingerprint density at radius 3 is 2.61 bits per heavy atom. The van der Waals surface area contributed by atoms with Crippen molar-refractivity contribution in [3.8, 4) is 0 Å². The Morgan fingerprint density at radius 1 is 1.44 bits per heavy atom. The van der Waals surface area contributed by atoms with Gasteiger partial charge in [-0.3, -0.25) is 9.36 Å². The van der Waals surface area contributed by atoms with Crippen LogP contribution in [0.3, 0.4) is 0 Å². The van der Waals surface area contributed by atoms with Crippen molar-refractivity contribution < 1.29 is 0 Å². The Balaban J connectivity index is 2.49. The zero-order valence-corrected chi connectivity index (χ0v) is 12.7. The van der Waals surface area contributed by atoms with Gasteiger partial charge >= 0.3 is 0 Å². The summed E-state index contributed by atoms with van der Waals surface area (Å²) < 4.78 is 4.75. The molecule has 6 heteroatoms. The van der Waals surface area contributed by atoms with Crippen molar-refractivity contribution in [1.29, 1.82) is 0 Å². The molecule has 0 aromatic carbocycles. The normalized spacial score (nSPS) is 12.9. The SMILES string of the molecule is CCNC(c1cn(C)nc1C)c1c(Br)cnn1C. The maximum Gasteiger partial charge on any atom is 0.0793 e. The lowest BCUT2D eigenvalue weighted by Gasteiger charge is -2.18. The average molecular weight is 312 g/mol. The lowest BCUT2D eigenvalue weighted by molar-refractivity contribution is 0.568. The highest BCUT2D eigenvalue weighted by Crippen LogP contribution is 2.29. The zero-order valence-electron chi connectivity index (χ0n) is 11.1. The molecular formula is C12H18BrN5. The number of hydrogen-bond acceptors (Lipinski definition) is 3. The molecule has 2 aromatic heterocycles. The van der Waals surface area contributed by atoms with Gasteiger partial charge in [-0.15, -0.1) is 0 Å². The lowest BCUT2D eigenvalue weighted by atomic mass is 10.0. The van der Waals surface area contributed by atoms with Gasteiger partial charge in [0.15, 0.2) is 0 Å². The molecule has 0 aliphatic rings.